The first kappa shape index (κ1) is 11.6. The Morgan fingerprint density at radius 3 is 3.00 bits per heavy atom. The first-order chi connectivity index (χ1) is 7.75. The summed E-state index contributed by atoms with van der Waals surface area (Å²) in [7, 11) is 0. The van der Waals surface area contributed by atoms with Gasteiger partial charge in [0.1, 0.15) is 0 Å². The number of hydrogen-bond donors (Lipinski definition) is 1. The van der Waals surface area contributed by atoms with Crippen LogP contribution in [-0.2, 0) is 0 Å². The molecule has 1 aromatic heterocycles. The maximum absolute atomic E-state index is 11.9. The van der Waals surface area contributed by atoms with Crippen molar-refractivity contribution in [2.24, 2.45) is 0 Å². The Balaban J connectivity index is 2.00. The van der Waals surface area contributed by atoms with Gasteiger partial charge in [-0.1, -0.05) is 12.2 Å². The fourth-order valence-electron chi connectivity index (χ4n) is 1.73. The first-order valence-electron chi connectivity index (χ1n) is 5.32. The van der Waals surface area contributed by atoms with Crippen LogP contribution in [0.1, 0.15) is 29.6 Å². The molecule has 1 amide bonds. The van der Waals surface area contributed by atoms with Crippen LogP contribution in [0.25, 0.3) is 0 Å². The summed E-state index contributed by atoms with van der Waals surface area (Å²) in [5.74, 6) is -0.0219. The van der Waals surface area contributed by atoms with E-state index in [9.17, 15) is 4.79 Å². The molecule has 1 N–H and O–H groups in total. The van der Waals surface area contributed by atoms with Gasteiger partial charge in [-0.25, -0.2) is 0 Å². The molecule has 0 bridgehead atoms. The molecule has 0 aliphatic heterocycles. The Kier molecular flexibility index (Phi) is 3.93. The van der Waals surface area contributed by atoms with E-state index in [1.165, 1.54) is 0 Å². The van der Waals surface area contributed by atoms with Crippen molar-refractivity contribution in [3.63, 3.8) is 0 Å². The average molecular weight is 328 g/mol. The van der Waals surface area contributed by atoms with Crippen molar-refractivity contribution in [2.45, 2.75) is 25.3 Å². The highest BCUT2D eigenvalue weighted by atomic mass is 127. The van der Waals surface area contributed by atoms with Gasteiger partial charge in [0.05, 0.1) is 5.56 Å². The van der Waals surface area contributed by atoms with E-state index < -0.39 is 0 Å². The highest BCUT2D eigenvalue weighted by Crippen LogP contribution is 2.12. The van der Waals surface area contributed by atoms with Gasteiger partial charge < -0.3 is 5.32 Å². The van der Waals surface area contributed by atoms with Crippen molar-refractivity contribution >= 4 is 28.5 Å². The summed E-state index contributed by atoms with van der Waals surface area (Å²) in [6.45, 7) is 0. The number of aromatic nitrogens is 1. The number of allylic oxidation sites excluding steroid dienone is 1. The highest BCUT2D eigenvalue weighted by Gasteiger charge is 2.14. The number of nitrogens with zero attached hydrogens (tertiary/aromatic N) is 1. The molecule has 0 fully saturated rings. The van der Waals surface area contributed by atoms with Gasteiger partial charge in [-0.15, -0.1) is 0 Å². The minimum absolute atomic E-state index is 0.0219. The quantitative estimate of drug-likeness (QED) is 0.670. The number of carbonyl (C=O) groups excluding carboxylic acids is 1. The van der Waals surface area contributed by atoms with Crippen LogP contribution in [0.4, 0.5) is 0 Å². The third kappa shape index (κ3) is 3.04. The highest BCUT2D eigenvalue weighted by molar-refractivity contribution is 14.1. The lowest BCUT2D eigenvalue weighted by Gasteiger charge is -2.19. The molecule has 1 heterocycles. The Morgan fingerprint density at radius 1 is 1.44 bits per heavy atom. The van der Waals surface area contributed by atoms with E-state index >= 15 is 0 Å². The largest absolute Gasteiger partial charge is 0.349 e. The van der Waals surface area contributed by atoms with E-state index in [4.69, 9.17) is 0 Å². The Morgan fingerprint density at radius 2 is 2.31 bits per heavy atom. The lowest BCUT2D eigenvalue weighted by atomic mass is 10.0. The van der Waals surface area contributed by atoms with E-state index in [0.717, 1.165) is 22.8 Å². The van der Waals surface area contributed by atoms with E-state index in [-0.39, 0.29) is 11.9 Å². The second-order valence-corrected chi connectivity index (χ2v) is 5.09. The van der Waals surface area contributed by atoms with Crippen molar-refractivity contribution < 1.29 is 4.79 Å². The lowest BCUT2D eigenvalue weighted by Crippen LogP contribution is -2.35. The molecule has 16 heavy (non-hydrogen) atoms. The Bertz CT molecular complexity index is 417. The fraction of sp³-hybridized carbons (Fsp3) is 0.333. The van der Waals surface area contributed by atoms with Gasteiger partial charge in [-0.2, -0.15) is 0 Å². The molecule has 3 nitrogen and oxygen atoms in total. The summed E-state index contributed by atoms with van der Waals surface area (Å²) >= 11 is 2.16. The predicted molar refractivity (Wildman–Crippen MR) is 71.2 cm³/mol. The number of amides is 1. The lowest BCUT2D eigenvalue weighted by molar-refractivity contribution is 0.0934. The van der Waals surface area contributed by atoms with Crippen molar-refractivity contribution in [2.75, 3.05) is 0 Å². The average Bonchev–Trinajstić information content (AvgIpc) is 2.30. The fourth-order valence-corrected chi connectivity index (χ4v) is 2.23. The normalized spacial score (nSPS) is 19.4. The zero-order chi connectivity index (χ0) is 11.4. The van der Waals surface area contributed by atoms with E-state index in [1.54, 1.807) is 12.4 Å². The number of pyridine rings is 1. The monoisotopic (exact) mass is 328 g/mol. The summed E-state index contributed by atoms with van der Waals surface area (Å²) in [6.07, 6.45) is 10.6. The molecule has 1 atom stereocenters. The summed E-state index contributed by atoms with van der Waals surface area (Å²) in [4.78, 5) is 15.9. The van der Waals surface area contributed by atoms with Crippen LogP contribution in [0, 0.1) is 3.57 Å². The van der Waals surface area contributed by atoms with Gasteiger partial charge in [0.15, 0.2) is 0 Å². The topological polar surface area (TPSA) is 42.0 Å². The van der Waals surface area contributed by atoms with E-state index in [2.05, 4.69) is 45.0 Å². The van der Waals surface area contributed by atoms with Gasteiger partial charge in [-0.05, 0) is 47.9 Å². The Labute approximate surface area is 108 Å². The predicted octanol–water partition coefficient (Wildman–Crippen LogP) is 2.52. The zero-order valence-corrected chi connectivity index (χ0v) is 11.0. The maximum Gasteiger partial charge on any atom is 0.253 e. The van der Waals surface area contributed by atoms with Crippen molar-refractivity contribution in [1.82, 2.24) is 10.3 Å². The summed E-state index contributed by atoms with van der Waals surface area (Å²) in [5.41, 5.74) is 0.640. The number of carbonyl (C=O) groups is 1. The number of halogens is 1. The van der Waals surface area contributed by atoms with Crippen LogP contribution in [-0.4, -0.2) is 16.9 Å². The smallest absolute Gasteiger partial charge is 0.253 e. The van der Waals surface area contributed by atoms with Gasteiger partial charge in [0, 0.05) is 22.0 Å². The summed E-state index contributed by atoms with van der Waals surface area (Å²) in [5, 5.41) is 3.03. The van der Waals surface area contributed by atoms with Crippen molar-refractivity contribution in [1.29, 1.82) is 0 Å². The third-order valence-electron chi connectivity index (χ3n) is 2.57. The molecule has 1 aliphatic rings. The molecular formula is C12H13IN2O. The van der Waals surface area contributed by atoms with Crippen LogP contribution in [0.2, 0.25) is 0 Å². The molecule has 4 heteroatoms. The van der Waals surface area contributed by atoms with Gasteiger partial charge in [-0.3, -0.25) is 9.78 Å². The molecule has 0 aromatic carbocycles. The second-order valence-electron chi connectivity index (χ2n) is 3.85. The molecular weight excluding hydrogens is 315 g/mol. The summed E-state index contributed by atoms with van der Waals surface area (Å²) < 4.78 is 0.980. The minimum atomic E-state index is -0.0219. The van der Waals surface area contributed by atoms with Crippen LogP contribution in [0.3, 0.4) is 0 Å². The van der Waals surface area contributed by atoms with Crippen LogP contribution >= 0.6 is 22.6 Å². The van der Waals surface area contributed by atoms with Crippen LogP contribution < -0.4 is 5.32 Å². The van der Waals surface area contributed by atoms with Crippen molar-refractivity contribution in [3.8, 4) is 0 Å². The minimum Gasteiger partial charge on any atom is -0.349 e. The molecule has 0 saturated heterocycles. The molecule has 84 valence electrons. The standard InChI is InChI=1S/C12H13IN2O/c13-10-6-9(7-14-8-10)12(16)15-11-4-2-1-3-5-11/h1-2,6-8,11H,3-5H2,(H,15,16)/t11-/m1/s1. The molecule has 0 unspecified atom stereocenters. The zero-order valence-electron chi connectivity index (χ0n) is 8.82. The second kappa shape index (κ2) is 5.43. The van der Waals surface area contributed by atoms with Gasteiger partial charge in [0.25, 0.3) is 5.91 Å². The molecule has 1 aromatic rings. The van der Waals surface area contributed by atoms with Crippen molar-refractivity contribution in [3.05, 3.63) is 39.7 Å². The SMILES string of the molecule is O=C(N[C@@H]1CC=CCC1)c1cncc(I)c1. The number of hydrogen-bond acceptors (Lipinski definition) is 2. The first-order valence-corrected chi connectivity index (χ1v) is 6.40. The third-order valence-corrected chi connectivity index (χ3v) is 3.16. The van der Waals surface area contributed by atoms with Crippen LogP contribution in [0.15, 0.2) is 30.6 Å². The molecule has 0 saturated carbocycles. The number of nitrogens with one attached hydrogen (secondary N) is 1. The van der Waals surface area contributed by atoms with Gasteiger partial charge in [0.2, 0.25) is 0 Å². The molecule has 2 rings (SSSR count). The van der Waals surface area contributed by atoms with Gasteiger partial charge >= 0.3 is 0 Å². The molecule has 1 aliphatic carbocycles. The van der Waals surface area contributed by atoms with E-state index in [0.29, 0.717) is 5.56 Å². The van der Waals surface area contributed by atoms with E-state index in [1.807, 2.05) is 6.07 Å². The maximum atomic E-state index is 11.9. The molecule has 0 radical (unpaired) electrons. The van der Waals surface area contributed by atoms with Crippen LogP contribution in [0.5, 0.6) is 0 Å². The number of rotatable bonds is 2. The Hall–Kier alpha value is -0.910. The molecule has 0 spiro atoms. The summed E-state index contributed by atoms with van der Waals surface area (Å²) in [6, 6.07) is 2.12.